The van der Waals surface area contributed by atoms with Crippen LogP contribution in [-0.4, -0.2) is 41.6 Å². The van der Waals surface area contributed by atoms with E-state index < -0.39 is 0 Å². The number of hydrogen-bond acceptors (Lipinski definition) is 4. The summed E-state index contributed by atoms with van der Waals surface area (Å²) in [4.78, 5) is 21.4. The fourth-order valence-corrected chi connectivity index (χ4v) is 4.54. The van der Waals surface area contributed by atoms with Crippen LogP contribution in [0.15, 0.2) is 77.3 Å². The molecule has 2 amide bonds. The summed E-state index contributed by atoms with van der Waals surface area (Å²) in [5, 5.41) is 5.50. The molecule has 0 bridgehead atoms. The van der Waals surface area contributed by atoms with Gasteiger partial charge in [-0.25, -0.2) is 9.78 Å². The average Bonchev–Trinajstić information content (AvgIpc) is 3.29. The molecular formula is C27H28N4O2. The summed E-state index contributed by atoms with van der Waals surface area (Å²) >= 11 is 0. The van der Waals surface area contributed by atoms with Crippen LogP contribution in [0.25, 0.3) is 22.1 Å². The normalized spacial score (nSPS) is 16.2. The van der Waals surface area contributed by atoms with Crippen LogP contribution < -0.4 is 10.2 Å². The molecule has 3 aromatic carbocycles. The van der Waals surface area contributed by atoms with Gasteiger partial charge in [0.1, 0.15) is 0 Å². The lowest BCUT2D eigenvalue weighted by atomic mass is 10.0. The van der Waals surface area contributed by atoms with E-state index in [4.69, 9.17) is 4.42 Å². The number of aromatic nitrogens is 1. The van der Waals surface area contributed by atoms with Gasteiger partial charge in [-0.2, -0.15) is 0 Å². The molecule has 4 aromatic rings. The lowest BCUT2D eigenvalue weighted by Crippen LogP contribution is -2.56. The first kappa shape index (κ1) is 21.1. The largest absolute Gasteiger partial charge is 0.441 e. The van der Waals surface area contributed by atoms with Crippen molar-refractivity contribution in [2.45, 2.75) is 26.4 Å². The smallest absolute Gasteiger partial charge is 0.318 e. The van der Waals surface area contributed by atoms with Gasteiger partial charge in [0.05, 0.1) is 6.20 Å². The van der Waals surface area contributed by atoms with Crippen molar-refractivity contribution in [2.75, 3.05) is 24.5 Å². The second-order valence-corrected chi connectivity index (χ2v) is 8.58. The molecule has 1 atom stereocenters. The molecule has 1 unspecified atom stereocenters. The van der Waals surface area contributed by atoms with Gasteiger partial charge >= 0.3 is 6.03 Å². The number of piperazine rings is 1. The molecule has 1 aliphatic rings. The maximum atomic E-state index is 12.9. The number of urea groups is 1. The summed E-state index contributed by atoms with van der Waals surface area (Å²) in [6, 6.07) is 22.9. The van der Waals surface area contributed by atoms with E-state index in [1.54, 1.807) is 6.20 Å². The van der Waals surface area contributed by atoms with Gasteiger partial charge in [0, 0.05) is 50.4 Å². The molecular weight excluding hydrogens is 412 g/mol. The zero-order valence-electron chi connectivity index (χ0n) is 19.0. The van der Waals surface area contributed by atoms with Gasteiger partial charge in [-0.05, 0) is 47.5 Å². The van der Waals surface area contributed by atoms with Crippen molar-refractivity contribution in [3.63, 3.8) is 0 Å². The molecule has 6 heteroatoms. The minimum Gasteiger partial charge on any atom is -0.441 e. The molecule has 6 nitrogen and oxygen atoms in total. The molecule has 1 aliphatic heterocycles. The molecule has 1 N–H and O–H groups in total. The van der Waals surface area contributed by atoms with Crippen LogP contribution in [0.2, 0.25) is 0 Å². The zero-order chi connectivity index (χ0) is 22.8. The van der Waals surface area contributed by atoms with Crippen LogP contribution >= 0.6 is 0 Å². The van der Waals surface area contributed by atoms with Gasteiger partial charge in [-0.15, -0.1) is 0 Å². The van der Waals surface area contributed by atoms with E-state index in [0.717, 1.165) is 35.7 Å². The first-order valence-corrected chi connectivity index (χ1v) is 11.4. The van der Waals surface area contributed by atoms with E-state index in [2.05, 4.69) is 70.7 Å². The Morgan fingerprint density at radius 2 is 1.85 bits per heavy atom. The molecule has 0 radical (unpaired) electrons. The summed E-state index contributed by atoms with van der Waals surface area (Å²) in [5.74, 6) is 1.44. The molecule has 0 saturated carbocycles. The minimum absolute atomic E-state index is 0.00822. The quantitative estimate of drug-likeness (QED) is 0.472. The topological polar surface area (TPSA) is 61.6 Å². The lowest BCUT2D eigenvalue weighted by molar-refractivity contribution is 0.171. The number of carbonyl (C=O) groups excluding carboxylic acids is 1. The highest BCUT2D eigenvalue weighted by Crippen LogP contribution is 2.25. The number of anilines is 1. The van der Waals surface area contributed by atoms with Crippen molar-refractivity contribution in [2.24, 2.45) is 0 Å². The molecule has 1 aromatic heterocycles. The van der Waals surface area contributed by atoms with E-state index in [9.17, 15) is 4.79 Å². The van der Waals surface area contributed by atoms with E-state index in [0.29, 0.717) is 19.0 Å². The molecule has 0 aliphatic carbocycles. The third-order valence-corrected chi connectivity index (χ3v) is 6.34. The summed E-state index contributed by atoms with van der Waals surface area (Å²) in [5.41, 5.74) is 3.30. The van der Waals surface area contributed by atoms with E-state index in [1.165, 1.54) is 10.8 Å². The number of aryl methyl sites for hydroxylation is 1. The predicted octanol–water partition coefficient (Wildman–Crippen LogP) is 5.22. The van der Waals surface area contributed by atoms with E-state index in [1.807, 2.05) is 30.0 Å². The Bertz CT molecular complexity index is 1260. The van der Waals surface area contributed by atoms with Crippen molar-refractivity contribution in [3.8, 4) is 11.3 Å². The van der Waals surface area contributed by atoms with Gasteiger partial charge < -0.3 is 19.5 Å². The number of rotatable bonds is 4. The second kappa shape index (κ2) is 8.98. The summed E-state index contributed by atoms with van der Waals surface area (Å²) < 4.78 is 5.62. The van der Waals surface area contributed by atoms with Crippen LogP contribution in [0.4, 0.5) is 10.5 Å². The minimum atomic E-state index is -0.00822. The van der Waals surface area contributed by atoms with E-state index in [-0.39, 0.29) is 12.1 Å². The molecule has 168 valence electrons. The van der Waals surface area contributed by atoms with Crippen LogP contribution in [0.3, 0.4) is 0 Å². The third-order valence-electron chi connectivity index (χ3n) is 6.34. The number of carbonyl (C=O) groups is 1. The number of nitrogens with one attached hydrogen (secondary N) is 1. The van der Waals surface area contributed by atoms with Crippen LogP contribution in [-0.2, 0) is 6.54 Å². The highest BCUT2D eigenvalue weighted by atomic mass is 16.4. The Balaban J connectivity index is 1.20. The fourth-order valence-electron chi connectivity index (χ4n) is 4.54. The summed E-state index contributed by atoms with van der Waals surface area (Å²) in [6.45, 7) is 6.75. The number of nitrogens with zero attached hydrogens (tertiary/aromatic N) is 3. The highest BCUT2D eigenvalue weighted by molar-refractivity contribution is 5.86. The molecule has 33 heavy (non-hydrogen) atoms. The highest BCUT2D eigenvalue weighted by Gasteiger charge is 2.27. The SMILES string of the molecule is Cc1ncc(-c2ccc(N3CCN(C(=O)NCc4cccc5ccccc45)C(C)C3)cc2)o1. The summed E-state index contributed by atoms with van der Waals surface area (Å²) in [6.07, 6.45) is 1.75. The number of hydrogen-bond donors (Lipinski definition) is 1. The molecule has 0 spiro atoms. The predicted molar refractivity (Wildman–Crippen MR) is 131 cm³/mol. The van der Waals surface area contributed by atoms with Crippen molar-refractivity contribution in [1.29, 1.82) is 0 Å². The monoisotopic (exact) mass is 440 g/mol. The Hall–Kier alpha value is -3.80. The number of amides is 2. The molecule has 2 heterocycles. The van der Waals surface area contributed by atoms with Crippen molar-refractivity contribution < 1.29 is 9.21 Å². The molecule has 5 rings (SSSR count). The van der Waals surface area contributed by atoms with Gasteiger partial charge in [0.2, 0.25) is 0 Å². The van der Waals surface area contributed by atoms with Gasteiger partial charge in [0.25, 0.3) is 0 Å². The first-order chi connectivity index (χ1) is 16.1. The average molecular weight is 441 g/mol. The standard InChI is InChI=1S/C27H28N4O2/c1-19-18-30(24-12-10-22(11-13-24)26-17-28-20(2)33-26)14-15-31(19)27(32)29-16-23-8-5-7-21-6-3-4-9-25(21)23/h3-13,17,19H,14-16,18H2,1-2H3,(H,29,32). The third kappa shape index (κ3) is 4.42. The van der Waals surface area contributed by atoms with E-state index >= 15 is 0 Å². The van der Waals surface area contributed by atoms with Crippen LogP contribution in [0.1, 0.15) is 18.4 Å². The van der Waals surface area contributed by atoms with Crippen LogP contribution in [0, 0.1) is 6.92 Å². The Labute approximate surface area is 193 Å². The Morgan fingerprint density at radius 3 is 2.61 bits per heavy atom. The van der Waals surface area contributed by atoms with Gasteiger partial charge in [-0.3, -0.25) is 0 Å². The summed E-state index contributed by atoms with van der Waals surface area (Å²) in [7, 11) is 0. The molecule has 1 saturated heterocycles. The second-order valence-electron chi connectivity index (χ2n) is 8.58. The molecule has 1 fully saturated rings. The maximum Gasteiger partial charge on any atom is 0.318 e. The Kier molecular flexibility index (Phi) is 5.73. The number of oxazole rings is 1. The van der Waals surface area contributed by atoms with Crippen molar-refractivity contribution in [1.82, 2.24) is 15.2 Å². The lowest BCUT2D eigenvalue weighted by Gasteiger charge is -2.41. The number of fused-ring (bicyclic) bond motifs is 1. The fraction of sp³-hybridized carbons (Fsp3) is 0.259. The van der Waals surface area contributed by atoms with Crippen LogP contribution in [0.5, 0.6) is 0 Å². The van der Waals surface area contributed by atoms with Gasteiger partial charge in [-0.1, -0.05) is 42.5 Å². The number of benzene rings is 3. The van der Waals surface area contributed by atoms with Crippen molar-refractivity contribution >= 4 is 22.5 Å². The Morgan fingerprint density at radius 1 is 1.06 bits per heavy atom. The van der Waals surface area contributed by atoms with Crippen molar-refractivity contribution in [3.05, 3.63) is 84.4 Å². The maximum absolute atomic E-state index is 12.9. The van der Waals surface area contributed by atoms with Gasteiger partial charge in [0.15, 0.2) is 11.7 Å². The zero-order valence-corrected chi connectivity index (χ0v) is 19.0. The first-order valence-electron chi connectivity index (χ1n) is 11.4.